The van der Waals surface area contributed by atoms with Gasteiger partial charge in [0.05, 0.1) is 12.2 Å². The number of nitrogens with two attached hydrogens (primary N) is 1. The summed E-state index contributed by atoms with van der Waals surface area (Å²) in [6, 6.07) is 11.6. The number of nitrogens with one attached hydrogen (secondary N) is 1. The average Bonchev–Trinajstić information content (AvgIpc) is 2.79. The Bertz CT molecular complexity index is 1010. The van der Waals surface area contributed by atoms with E-state index in [-0.39, 0.29) is 22.1 Å². The van der Waals surface area contributed by atoms with Crippen molar-refractivity contribution in [2.24, 2.45) is 11.1 Å². The molecule has 0 saturated heterocycles. The molecule has 0 atom stereocenters. The number of benzene rings is 2. The summed E-state index contributed by atoms with van der Waals surface area (Å²) in [6.45, 7) is 13.1. The van der Waals surface area contributed by atoms with Crippen molar-refractivity contribution in [3.05, 3.63) is 58.7 Å². The first-order chi connectivity index (χ1) is 16.0. The fourth-order valence-corrected chi connectivity index (χ4v) is 4.13. The SMILES string of the molecule is CCC(CC)(c1ccc(OCCC(C)(C)C)c(C)c1)c1ccc(OCC(=O)NO)c(C(N)=O)c1. The molecule has 0 radical (unpaired) electrons. The molecule has 7 heteroatoms. The summed E-state index contributed by atoms with van der Waals surface area (Å²) in [5, 5.41) is 8.68. The second kappa shape index (κ2) is 11.4. The van der Waals surface area contributed by atoms with Crippen LogP contribution in [0.15, 0.2) is 36.4 Å². The van der Waals surface area contributed by atoms with Crippen molar-refractivity contribution in [3.63, 3.8) is 0 Å². The Kier molecular flexibility index (Phi) is 9.10. The van der Waals surface area contributed by atoms with Crippen LogP contribution in [0.25, 0.3) is 0 Å². The minimum Gasteiger partial charge on any atom is -0.493 e. The van der Waals surface area contributed by atoms with Crippen molar-refractivity contribution in [1.29, 1.82) is 0 Å². The molecule has 0 aliphatic heterocycles. The van der Waals surface area contributed by atoms with E-state index in [0.717, 1.165) is 41.7 Å². The topological polar surface area (TPSA) is 111 Å². The standard InChI is InChI=1S/C27H38N2O5/c1-7-27(8-2,19-9-11-22(18(3)15-19)33-14-13-26(4,5)6)20-10-12-23(21(16-20)25(28)31)34-17-24(30)29-32/h9-12,15-16,32H,7-8,13-14,17H2,1-6H3,(H2,28,31)(H,29,30). The molecule has 186 valence electrons. The van der Waals surface area contributed by atoms with E-state index in [9.17, 15) is 9.59 Å². The lowest BCUT2D eigenvalue weighted by molar-refractivity contribution is -0.131. The molecule has 4 N–H and O–H groups in total. The van der Waals surface area contributed by atoms with Crippen LogP contribution in [0.2, 0.25) is 0 Å². The molecule has 0 saturated carbocycles. The van der Waals surface area contributed by atoms with Gasteiger partial charge in [0.2, 0.25) is 0 Å². The van der Waals surface area contributed by atoms with Crippen LogP contribution in [-0.4, -0.2) is 30.2 Å². The average molecular weight is 471 g/mol. The van der Waals surface area contributed by atoms with E-state index in [0.29, 0.717) is 6.61 Å². The zero-order chi connectivity index (χ0) is 25.5. The quantitative estimate of drug-likeness (QED) is 0.320. The van der Waals surface area contributed by atoms with Crippen LogP contribution in [0.5, 0.6) is 11.5 Å². The molecule has 7 nitrogen and oxygen atoms in total. The summed E-state index contributed by atoms with van der Waals surface area (Å²) in [5.41, 5.74) is 10.3. The predicted octanol–water partition coefficient (Wildman–Crippen LogP) is 4.90. The molecule has 0 bridgehead atoms. The van der Waals surface area contributed by atoms with Gasteiger partial charge in [0, 0.05) is 5.41 Å². The molecule has 0 aliphatic rings. The van der Waals surface area contributed by atoms with Gasteiger partial charge in [-0.25, -0.2) is 5.48 Å². The van der Waals surface area contributed by atoms with Crippen LogP contribution in [0.1, 0.15) is 80.9 Å². The van der Waals surface area contributed by atoms with Crippen molar-refractivity contribution in [1.82, 2.24) is 5.48 Å². The smallest absolute Gasteiger partial charge is 0.281 e. The van der Waals surface area contributed by atoms with Crippen molar-refractivity contribution in [3.8, 4) is 11.5 Å². The third-order valence-electron chi connectivity index (χ3n) is 6.33. The molecule has 34 heavy (non-hydrogen) atoms. The fraction of sp³-hybridized carbons (Fsp3) is 0.481. The van der Waals surface area contributed by atoms with Gasteiger partial charge in [-0.2, -0.15) is 0 Å². The molecule has 0 heterocycles. The van der Waals surface area contributed by atoms with Crippen molar-refractivity contribution < 1.29 is 24.3 Å². The summed E-state index contributed by atoms with van der Waals surface area (Å²) in [4.78, 5) is 23.5. The Balaban J connectivity index is 2.42. The first-order valence-corrected chi connectivity index (χ1v) is 11.7. The molecular formula is C27H38N2O5. The Morgan fingerprint density at radius 3 is 2.06 bits per heavy atom. The molecule has 2 aromatic carbocycles. The van der Waals surface area contributed by atoms with Gasteiger partial charge in [-0.15, -0.1) is 0 Å². The normalized spacial score (nSPS) is 11.7. The van der Waals surface area contributed by atoms with Crippen LogP contribution in [-0.2, 0) is 10.2 Å². The van der Waals surface area contributed by atoms with E-state index in [1.165, 1.54) is 5.48 Å². The van der Waals surface area contributed by atoms with Gasteiger partial charge in [0.1, 0.15) is 11.5 Å². The van der Waals surface area contributed by atoms with E-state index in [1.54, 1.807) is 12.1 Å². The van der Waals surface area contributed by atoms with Crippen molar-refractivity contribution >= 4 is 11.8 Å². The second-order valence-electron chi connectivity index (χ2n) is 9.83. The number of primary amides is 1. The van der Waals surface area contributed by atoms with E-state index in [4.69, 9.17) is 20.4 Å². The van der Waals surface area contributed by atoms with Crippen LogP contribution in [0.3, 0.4) is 0 Å². The lowest BCUT2D eigenvalue weighted by Crippen LogP contribution is -2.28. The molecule has 2 rings (SSSR count). The third-order valence-corrected chi connectivity index (χ3v) is 6.33. The molecule has 0 fully saturated rings. The van der Waals surface area contributed by atoms with Gasteiger partial charge in [-0.1, -0.05) is 52.8 Å². The lowest BCUT2D eigenvalue weighted by Gasteiger charge is -2.34. The van der Waals surface area contributed by atoms with Crippen molar-refractivity contribution in [2.45, 2.75) is 66.2 Å². The fourth-order valence-electron chi connectivity index (χ4n) is 4.13. The number of carbonyl (C=O) groups excluding carboxylic acids is 2. The van der Waals surface area contributed by atoms with E-state index in [2.05, 4.69) is 46.8 Å². The maximum atomic E-state index is 12.2. The molecular weight excluding hydrogens is 432 g/mol. The zero-order valence-corrected chi connectivity index (χ0v) is 21.2. The first kappa shape index (κ1) is 27.2. The van der Waals surface area contributed by atoms with Crippen LogP contribution in [0, 0.1) is 12.3 Å². The van der Waals surface area contributed by atoms with E-state index >= 15 is 0 Å². The Hall–Kier alpha value is -3.06. The Morgan fingerprint density at radius 1 is 0.971 bits per heavy atom. The van der Waals surface area contributed by atoms with Gasteiger partial charge >= 0.3 is 0 Å². The highest BCUT2D eigenvalue weighted by atomic mass is 16.5. The zero-order valence-electron chi connectivity index (χ0n) is 21.2. The molecule has 2 aromatic rings. The lowest BCUT2D eigenvalue weighted by atomic mass is 9.70. The molecule has 2 amide bonds. The number of aryl methyl sites for hydroxylation is 1. The minimum absolute atomic E-state index is 0.188. The molecule has 0 spiro atoms. The van der Waals surface area contributed by atoms with Gasteiger partial charge in [-0.3, -0.25) is 14.8 Å². The first-order valence-electron chi connectivity index (χ1n) is 11.7. The summed E-state index contributed by atoms with van der Waals surface area (Å²) in [6.07, 6.45) is 2.57. The van der Waals surface area contributed by atoms with Gasteiger partial charge in [0.25, 0.3) is 11.8 Å². The van der Waals surface area contributed by atoms with Crippen LogP contribution < -0.4 is 20.7 Å². The molecule has 0 unspecified atom stereocenters. The third kappa shape index (κ3) is 6.50. The highest BCUT2D eigenvalue weighted by molar-refractivity contribution is 5.96. The number of hydrogen-bond donors (Lipinski definition) is 3. The highest BCUT2D eigenvalue weighted by Gasteiger charge is 2.32. The van der Waals surface area contributed by atoms with Gasteiger partial charge in [-0.05, 0) is 66.5 Å². The summed E-state index contributed by atoms with van der Waals surface area (Å²) < 4.78 is 11.4. The summed E-state index contributed by atoms with van der Waals surface area (Å²) in [7, 11) is 0. The maximum absolute atomic E-state index is 12.2. The number of hydroxylamine groups is 1. The maximum Gasteiger partial charge on any atom is 0.281 e. The largest absolute Gasteiger partial charge is 0.493 e. The highest BCUT2D eigenvalue weighted by Crippen LogP contribution is 2.41. The molecule has 0 aromatic heterocycles. The van der Waals surface area contributed by atoms with Crippen molar-refractivity contribution in [2.75, 3.05) is 13.2 Å². The Labute approximate surface area is 202 Å². The number of rotatable bonds is 11. The van der Waals surface area contributed by atoms with Crippen LogP contribution >= 0.6 is 0 Å². The monoisotopic (exact) mass is 470 g/mol. The number of carbonyl (C=O) groups is 2. The number of ether oxygens (including phenoxy) is 2. The van der Waals surface area contributed by atoms with E-state index in [1.807, 2.05) is 19.1 Å². The summed E-state index contributed by atoms with van der Waals surface area (Å²) in [5.74, 6) is -0.310. The van der Waals surface area contributed by atoms with Crippen LogP contribution in [0.4, 0.5) is 0 Å². The van der Waals surface area contributed by atoms with E-state index < -0.39 is 18.4 Å². The summed E-state index contributed by atoms with van der Waals surface area (Å²) >= 11 is 0. The number of amides is 2. The van der Waals surface area contributed by atoms with Gasteiger partial charge < -0.3 is 15.2 Å². The van der Waals surface area contributed by atoms with Gasteiger partial charge in [0.15, 0.2) is 6.61 Å². The minimum atomic E-state index is -0.726. The molecule has 0 aliphatic carbocycles. The predicted molar refractivity (Wildman–Crippen MR) is 132 cm³/mol. The second-order valence-corrected chi connectivity index (χ2v) is 9.83. The Morgan fingerprint density at radius 2 is 1.56 bits per heavy atom. The number of hydrogen-bond acceptors (Lipinski definition) is 5.